The van der Waals surface area contributed by atoms with Crippen LogP contribution in [0.1, 0.15) is 40.0 Å². The van der Waals surface area contributed by atoms with Gasteiger partial charge in [-0.1, -0.05) is 0 Å². The monoisotopic (exact) mass is 215 g/mol. The molecule has 88 valence electrons. The molecule has 0 atom stereocenters. The summed E-state index contributed by atoms with van der Waals surface area (Å²) in [6.45, 7) is 5.67. The Hall–Kier alpha value is -0.770. The lowest BCUT2D eigenvalue weighted by atomic mass is 10.1. The minimum Gasteiger partial charge on any atom is -0.444 e. The van der Waals surface area contributed by atoms with Crippen molar-refractivity contribution in [1.82, 2.24) is 4.90 Å². The average Bonchev–Trinajstić information content (AvgIpc) is 2.82. The predicted octanol–water partition coefficient (Wildman–Crippen LogP) is 1.77. The molecule has 0 unspecified atom stereocenters. The van der Waals surface area contributed by atoms with E-state index in [2.05, 4.69) is 0 Å². The van der Waals surface area contributed by atoms with Crippen LogP contribution >= 0.6 is 0 Å². The van der Waals surface area contributed by atoms with Crippen LogP contribution in [-0.2, 0) is 4.74 Å². The summed E-state index contributed by atoms with van der Waals surface area (Å²) in [5, 5.41) is 8.93. The second-order valence-electron chi connectivity index (χ2n) is 5.24. The van der Waals surface area contributed by atoms with Gasteiger partial charge in [0.05, 0.1) is 0 Å². The number of aliphatic hydroxyl groups is 1. The van der Waals surface area contributed by atoms with Crippen molar-refractivity contribution in [3.8, 4) is 0 Å². The highest BCUT2D eigenvalue weighted by Gasteiger charge is 2.48. The summed E-state index contributed by atoms with van der Waals surface area (Å²) >= 11 is 0. The van der Waals surface area contributed by atoms with E-state index in [1.54, 1.807) is 11.9 Å². The molecule has 1 amide bonds. The van der Waals surface area contributed by atoms with Gasteiger partial charge in [-0.2, -0.15) is 0 Å². The van der Waals surface area contributed by atoms with Gasteiger partial charge in [-0.25, -0.2) is 4.79 Å². The molecule has 1 N–H and O–H groups in total. The molecule has 1 rings (SSSR count). The van der Waals surface area contributed by atoms with E-state index >= 15 is 0 Å². The molecule has 1 saturated carbocycles. The first kappa shape index (κ1) is 12.3. The molecule has 1 aliphatic rings. The lowest BCUT2D eigenvalue weighted by Crippen LogP contribution is -2.42. The highest BCUT2D eigenvalue weighted by atomic mass is 16.6. The molecule has 0 radical (unpaired) electrons. The molecular formula is C11H21NO3. The molecule has 1 fully saturated rings. The van der Waals surface area contributed by atoms with Crippen molar-refractivity contribution < 1.29 is 14.6 Å². The largest absolute Gasteiger partial charge is 0.444 e. The van der Waals surface area contributed by atoms with E-state index in [1.165, 1.54) is 0 Å². The zero-order chi connectivity index (χ0) is 11.7. The van der Waals surface area contributed by atoms with Gasteiger partial charge in [-0.05, 0) is 40.0 Å². The van der Waals surface area contributed by atoms with Crippen molar-refractivity contribution in [3.05, 3.63) is 0 Å². The summed E-state index contributed by atoms with van der Waals surface area (Å²) in [6.07, 6.45) is 2.27. The number of nitrogens with zero attached hydrogens (tertiary/aromatic N) is 1. The van der Waals surface area contributed by atoms with Gasteiger partial charge in [0.2, 0.25) is 0 Å². The van der Waals surface area contributed by atoms with E-state index in [0.29, 0.717) is 6.42 Å². The first-order valence-corrected chi connectivity index (χ1v) is 5.38. The van der Waals surface area contributed by atoms with Gasteiger partial charge in [0.15, 0.2) is 0 Å². The third-order valence-electron chi connectivity index (χ3n) is 2.78. The second-order valence-corrected chi connectivity index (χ2v) is 5.24. The molecule has 0 saturated heterocycles. The zero-order valence-electron chi connectivity index (χ0n) is 10.0. The Kier molecular flexibility index (Phi) is 3.28. The normalized spacial score (nSPS) is 18.5. The molecule has 4 heteroatoms. The lowest BCUT2D eigenvalue weighted by Gasteiger charge is -2.30. The summed E-state index contributed by atoms with van der Waals surface area (Å²) < 4.78 is 5.28. The fourth-order valence-corrected chi connectivity index (χ4v) is 1.63. The van der Waals surface area contributed by atoms with Crippen LogP contribution in [0.4, 0.5) is 4.79 Å². The number of aliphatic hydroxyl groups excluding tert-OH is 1. The van der Waals surface area contributed by atoms with Crippen molar-refractivity contribution >= 4 is 6.09 Å². The molecule has 0 aromatic rings. The summed E-state index contributed by atoms with van der Waals surface area (Å²) in [4.78, 5) is 13.4. The number of rotatable bonds is 3. The van der Waals surface area contributed by atoms with E-state index in [9.17, 15) is 4.79 Å². The number of carbonyl (C=O) groups is 1. The third-order valence-corrected chi connectivity index (χ3v) is 2.78. The maximum absolute atomic E-state index is 11.7. The summed E-state index contributed by atoms with van der Waals surface area (Å²) in [7, 11) is 1.75. The number of amides is 1. The van der Waals surface area contributed by atoms with Crippen molar-refractivity contribution in [2.45, 2.75) is 51.2 Å². The van der Waals surface area contributed by atoms with Gasteiger partial charge >= 0.3 is 6.09 Å². The first-order valence-electron chi connectivity index (χ1n) is 5.38. The number of hydrogen-bond donors (Lipinski definition) is 1. The van der Waals surface area contributed by atoms with Gasteiger partial charge in [0, 0.05) is 19.2 Å². The fourth-order valence-electron chi connectivity index (χ4n) is 1.63. The molecule has 0 aromatic carbocycles. The summed E-state index contributed by atoms with van der Waals surface area (Å²) in [5.41, 5.74) is -0.599. The van der Waals surface area contributed by atoms with E-state index in [4.69, 9.17) is 9.84 Å². The number of hydrogen-bond acceptors (Lipinski definition) is 3. The molecule has 0 heterocycles. The topological polar surface area (TPSA) is 49.8 Å². The fraction of sp³-hybridized carbons (Fsp3) is 0.909. The standard InChI is InChI=1S/C11H21NO3/c1-10(2,3)15-9(14)12(4)11(5-6-11)7-8-13/h13H,5-8H2,1-4H3. The van der Waals surface area contributed by atoms with E-state index in [1.807, 2.05) is 20.8 Å². The number of carbonyl (C=O) groups excluding carboxylic acids is 1. The van der Waals surface area contributed by atoms with Gasteiger partial charge in [0.25, 0.3) is 0 Å². The van der Waals surface area contributed by atoms with Gasteiger partial charge in [-0.3, -0.25) is 0 Å². The minimum absolute atomic E-state index is 0.118. The molecule has 15 heavy (non-hydrogen) atoms. The van der Waals surface area contributed by atoms with Gasteiger partial charge < -0.3 is 14.7 Å². The van der Waals surface area contributed by atoms with Crippen LogP contribution in [0.5, 0.6) is 0 Å². The third kappa shape index (κ3) is 3.09. The van der Waals surface area contributed by atoms with Crippen LogP contribution in [0, 0.1) is 0 Å². The highest BCUT2D eigenvalue weighted by Crippen LogP contribution is 2.44. The maximum atomic E-state index is 11.7. The highest BCUT2D eigenvalue weighted by molar-refractivity contribution is 5.69. The molecule has 0 bridgehead atoms. The summed E-state index contributed by atoms with van der Waals surface area (Å²) in [6, 6.07) is 0. The van der Waals surface area contributed by atoms with E-state index < -0.39 is 5.60 Å². The Morgan fingerprint density at radius 1 is 1.47 bits per heavy atom. The Bertz CT molecular complexity index is 241. The zero-order valence-corrected chi connectivity index (χ0v) is 10.0. The van der Waals surface area contributed by atoms with E-state index in [-0.39, 0.29) is 18.2 Å². The van der Waals surface area contributed by atoms with Gasteiger partial charge in [-0.15, -0.1) is 0 Å². The lowest BCUT2D eigenvalue weighted by molar-refractivity contribution is 0.0170. The second kappa shape index (κ2) is 4.00. The molecule has 0 spiro atoms. The SMILES string of the molecule is CN(C(=O)OC(C)(C)C)C1(CCO)CC1. The average molecular weight is 215 g/mol. The Balaban J connectivity index is 2.53. The molecule has 0 aliphatic heterocycles. The van der Waals surface area contributed by atoms with Crippen molar-refractivity contribution in [1.29, 1.82) is 0 Å². The molecule has 0 aromatic heterocycles. The molecular weight excluding hydrogens is 194 g/mol. The molecule has 4 nitrogen and oxygen atoms in total. The molecule has 1 aliphatic carbocycles. The Labute approximate surface area is 91.2 Å². The van der Waals surface area contributed by atoms with Crippen molar-refractivity contribution in [2.75, 3.05) is 13.7 Å². The maximum Gasteiger partial charge on any atom is 0.410 e. The van der Waals surface area contributed by atoms with Gasteiger partial charge in [0.1, 0.15) is 5.60 Å². The van der Waals surface area contributed by atoms with E-state index in [0.717, 1.165) is 12.8 Å². The summed E-state index contributed by atoms with van der Waals surface area (Å²) in [5.74, 6) is 0. The van der Waals surface area contributed by atoms with Crippen LogP contribution in [0.25, 0.3) is 0 Å². The van der Waals surface area contributed by atoms with Crippen LogP contribution in [0.15, 0.2) is 0 Å². The van der Waals surface area contributed by atoms with Crippen molar-refractivity contribution in [3.63, 3.8) is 0 Å². The Morgan fingerprint density at radius 3 is 2.33 bits per heavy atom. The van der Waals surface area contributed by atoms with Crippen LogP contribution in [0.3, 0.4) is 0 Å². The predicted molar refractivity (Wildman–Crippen MR) is 57.7 cm³/mol. The smallest absolute Gasteiger partial charge is 0.410 e. The first-order chi connectivity index (χ1) is 6.81. The van der Waals surface area contributed by atoms with Crippen molar-refractivity contribution in [2.24, 2.45) is 0 Å². The van der Waals surface area contributed by atoms with Crippen LogP contribution in [-0.4, -0.2) is 40.9 Å². The number of ether oxygens (including phenoxy) is 1. The quantitative estimate of drug-likeness (QED) is 0.780. The Morgan fingerprint density at radius 2 is 2.00 bits per heavy atom. The van der Waals surface area contributed by atoms with Crippen LogP contribution in [0.2, 0.25) is 0 Å². The minimum atomic E-state index is -0.458. The van der Waals surface area contributed by atoms with Crippen LogP contribution < -0.4 is 0 Å².